The summed E-state index contributed by atoms with van der Waals surface area (Å²) in [5.41, 5.74) is 0.771. The second-order valence-corrected chi connectivity index (χ2v) is 7.33. The molecule has 2 heterocycles. The number of nitrogens with one attached hydrogen (secondary N) is 1. The second kappa shape index (κ2) is 6.78. The quantitative estimate of drug-likeness (QED) is 0.763. The lowest BCUT2D eigenvalue weighted by atomic mass is 10.2. The molecule has 114 valence electrons. The molecule has 0 bridgehead atoms. The average molecular weight is 426 g/mol. The summed E-state index contributed by atoms with van der Waals surface area (Å²) in [5.74, 6) is -0.153. The Labute approximate surface area is 146 Å². The van der Waals surface area contributed by atoms with Crippen LogP contribution in [0, 0.1) is 3.57 Å². The summed E-state index contributed by atoms with van der Waals surface area (Å²) in [7, 11) is 0. The number of hydrogen-bond donors (Lipinski definition) is 1. The number of likely N-dealkylation sites (tertiary alicyclic amines) is 1. The molecule has 6 heteroatoms. The van der Waals surface area contributed by atoms with Gasteiger partial charge in [-0.25, -0.2) is 0 Å². The van der Waals surface area contributed by atoms with E-state index in [1.807, 2.05) is 35.7 Å². The van der Waals surface area contributed by atoms with E-state index in [1.54, 1.807) is 11.0 Å². The third kappa shape index (κ3) is 3.33. The molecule has 1 N–H and O–H groups in total. The molecule has 1 aromatic heterocycles. The van der Waals surface area contributed by atoms with Crippen LogP contribution in [0.2, 0.25) is 0 Å². The van der Waals surface area contributed by atoms with Crippen LogP contribution < -0.4 is 5.32 Å². The zero-order valence-electron chi connectivity index (χ0n) is 11.8. The minimum Gasteiger partial charge on any atom is -0.326 e. The van der Waals surface area contributed by atoms with Crippen LogP contribution in [0.1, 0.15) is 22.5 Å². The summed E-state index contributed by atoms with van der Waals surface area (Å²) >= 11 is 3.62. The third-order valence-electron chi connectivity index (χ3n) is 3.64. The molecule has 1 fully saturated rings. The van der Waals surface area contributed by atoms with Crippen molar-refractivity contribution in [1.82, 2.24) is 4.90 Å². The Balaban J connectivity index is 1.72. The van der Waals surface area contributed by atoms with Crippen molar-refractivity contribution in [3.8, 4) is 0 Å². The summed E-state index contributed by atoms with van der Waals surface area (Å²) in [4.78, 5) is 27.4. The zero-order valence-corrected chi connectivity index (χ0v) is 14.8. The van der Waals surface area contributed by atoms with Crippen molar-refractivity contribution in [3.63, 3.8) is 0 Å². The van der Waals surface area contributed by atoms with Gasteiger partial charge in [-0.3, -0.25) is 9.59 Å². The van der Waals surface area contributed by atoms with Gasteiger partial charge in [0.25, 0.3) is 5.91 Å². The first kappa shape index (κ1) is 15.5. The normalized spacial score (nSPS) is 17.5. The number of amides is 2. The summed E-state index contributed by atoms with van der Waals surface area (Å²) in [5, 5.41) is 4.80. The molecule has 0 unspecified atom stereocenters. The summed E-state index contributed by atoms with van der Waals surface area (Å²) < 4.78 is 1.06. The largest absolute Gasteiger partial charge is 0.326 e. The van der Waals surface area contributed by atoms with Crippen LogP contribution in [0.25, 0.3) is 0 Å². The maximum atomic E-state index is 12.5. The van der Waals surface area contributed by atoms with E-state index in [4.69, 9.17) is 0 Å². The van der Waals surface area contributed by atoms with Crippen molar-refractivity contribution in [2.75, 3.05) is 11.9 Å². The molecule has 0 radical (unpaired) electrons. The number of thiophene rings is 1. The molecule has 2 amide bonds. The number of rotatable bonds is 3. The molecular weight excluding hydrogens is 411 g/mol. The lowest BCUT2D eigenvalue weighted by Crippen LogP contribution is -2.42. The molecule has 0 saturated carbocycles. The van der Waals surface area contributed by atoms with Crippen molar-refractivity contribution in [2.24, 2.45) is 0 Å². The van der Waals surface area contributed by atoms with Crippen molar-refractivity contribution in [1.29, 1.82) is 0 Å². The summed E-state index contributed by atoms with van der Waals surface area (Å²) in [6.45, 7) is 0.640. The molecule has 1 aromatic carbocycles. The minimum absolute atomic E-state index is 0.0460. The topological polar surface area (TPSA) is 49.4 Å². The number of carbonyl (C=O) groups is 2. The van der Waals surface area contributed by atoms with Gasteiger partial charge in [0.15, 0.2) is 0 Å². The minimum atomic E-state index is -0.382. The maximum absolute atomic E-state index is 12.5. The first-order chi connectivity index (χ1) is 10.6. The lowest BCUT2D eigenvalue weighted by molar-refractivity contribution is -0.119. The van der Waals surface area contributed by atoms with Crippen LogP contribution in [0.15, 0.2) is 41.8 Å². The van der Waals surface area contributed by atoms with Gasteiger partial charge in [-0.15, -0.1) is 11.3 Å². The Morgan fingerprint density at radius 2 is 2.14 bits per heavy atom. The third-order valence-corrected chi connectivity index (χ3v) is 5.17. The second-order valence-electron chi connectivity index (χ2n) is 5.13. The van der Waals surface area contributed by atoms with Crippen LogP contribution in [0.3, 0.4) is 0 Å². The fourth-order valence-electron chi connectivity index (χ4n) is 2.62. The van der Waals surface area contributed by atoms with Crippen LogP contribution in [-0.2, 0) is 4.79 Å². The molecule has 3 rings (SSSR count). The molecular formula is C16H15IN2O2S. The van der Waals surface area contributed by atoms with Crippen molar-refractivity contribution >= 4 is 51.4 Å². The van der Waals surface area contributed by atoms with Gasteiger partial charge in [0.05, 0.1) is 4.88 Å². The first-order valence-electron chi connectivity index (χ1n) is 7.06. The molecule has 0 spiro atoms. The van der Waals surface area contributed by atoms with E-state index in [-0.39, 0.29) is 17.9 Å². The van der Waals surface area contributed by atoms with E-state index in [0.717, 1.165) is 15.7 Å². The van der Waals surface area contributed by atoms with Gasteiger partial charge in [0.1, 0.15) is 6.04 Å². The number of benzene rings is 1. The van der Waals surface area contributed by atoms with Crippen LogP contribution >= 0.6 is 33.9 Å². The molecule has 1 atom stereocenters. The van der Waals surface area contributed by atoms with E-state index in [1.165, 1.54) is 11.3 Å². The molecule has 22 heavy (non-hydrogen) atoms. The highest BCUT2D eigenvalue weighted by molar-refractivity contribution is 14.1. The smallest absolute Gasteiger partial charge is 0.264 e. The Hall–Kier alpha value is -1.41. The highest BCUT2D eigenvalue weighted by Gasteiger charge is 2.34. The Morgan fingerprint density at radius 3 is 2.86 bits per heavy atom. The summed E-state index contributed by atoms with van der Waals surface area (Å²) in [6, 6.07) is 10.9. The van der Waals surface area contributed by atoms with Gasteiger partial charge in [-0.05, 0) is 65.1 Å². The Bertz CT molecular complexity index is 687. The fraction of sp³-hybridized carbons (Fsp3) is 0.250. The van der Waals surface area contributed by atoms with Crippen LogP contribution in [-0.4, -0.2) is 29.3 Å². The predicted octanol–water partition coefficient (Wildman–Crippen LogP) is 3.60. The molecule has 0 aliphatic carbocycles. The van der Waals surface area contributed by atoms with Crippen LogP contribution in [0.5, 0.6) is 0 Å². The standard InChI is InChI=1S/C16H15IN2O2S/c17-11-4-1-5-12(10-11)18-15(20)13-6-2-8-19(13)16(21)14-7-3-9-22-14/h1,3-5,7,9-10,13H,2,6,8H2,(H,18,20)/t13-/m1/s1. The zero-order chi connectivity index (χ0) is 15.5. The van der Waals surface area contributed by atoms with E-state index < -0.39 is 0 Å². The molecule has 1 saturated heterocycles. The van der Waals surface area contributed by atoms with E-state index in [2.05, 4.69) is 27.9 Å². The van der Waals surface area contributed by atoms with Gasteiger partial charge in [-0.1, -0.05) is 12.1 Å². The molecule has 1 aliphatic heterocycles. The summed E-state index contributed by atoms with van der Waals surface area (Å²) in [6.07, 6.45) is 1.58. The number of hydrogen-bond acceptors (Lipinski definition) is 3. The molecule has 4 nitrogen and oxygen atoms in total. The highest BCUT2D eigenvalue weighted by Crippen LogP contribution is 2.23. The first-order valence-corrected chi connectivity index (χ1v) is 9.02. The Kier molecular flexibility index (Phi) is 4.77. The van der Waals surface area contributed by atoms with E-state index >= 15 is 0 Å². The number of nitrogens with zero attached hydrogens (tertiary/aromatic N) is 1. The number of carbonyl (C=O) groups excluding carboxylic acids is 2. The Morgan fingerprint density at radius 1 is 1.27 bits per heavy atom. The molecule has 2 aromatic rings. The number of anilines is 1. The average Bonchev–Trinajstić information content (AvgIpc) is 3.18. The fourth-order valence-corrected chi connectivity index (χ4v) is 3.84. The predicted molar refractivity (Wildman–Crippen MR) is 96.2 cm³/mol. The van der Waals surface area contributed by atoms with E-state index in [0.29, 0.717) is 17.8 Å². The maximum Gasteiger partial charge on any atom is 0.264 e. The van der Waals surface area contributed by atoms with Crippen molar-refractivity contribution in [3.05, 3.63) is 50.2 Å². The van der Waals surface area contributed by atoms with Gasteiger partial charge in [0.2, 0.25) is 5.91 Å². The van der Waals surface area contributed by atoms with Gasteiger partial charge in [-0.2, -0.15) is 0 Å². The lowest BCUT2D eigenvalue weighted by Gasteiger charge is -2.23. The van der Waals surface area contributed by atoms with Crippen LogP contribution in [0.4, 0.5) is 5.69 Å². The molecule has 1 aliphatic rings. The monoisotopic (exact) mass is 426 g/mol. The SMILES string of the molecule is O=C(Nc1cccc(I)c1)[C@H]1CCCN1C(=O)c1cccs1. The van der Waals surface area contributed by atoms with E-state index in [9.17, 15) is 9.59 Å². The highest BCUT2D eigenvalue weighted by atomic mass is 127. The van der Waals surface area contributed by atoms with Gasteiger partial charge >= 0.3 is 0 Å². The number of halogens is 1. The van der Waals surface area contributed by atoms with Gasteiger partial charge < -0.3 is 10.2 Å². The van der Waals surface area contributed by atoms with Crippen molar-refractivity contribution < 1.29 is 9.59 Å². The van der Waals surface area contributed by atoms with Crippen molar-refractivity contribution in [2.45, 2.75) is 18.9 Å². The van der Waals surface area contributed by atoms with Gasteiger partial charge in [0, 0.05) is 15.8 Å².